The van der Waals surface area contributed by atoms with Crippen molar-refractivity contribution < 1.29 is 18.7 Å². The molecule has 0 radical (unpaired) electrons. The average Bonchev–Trinajstić information content (AvgIpc) is 2.73. The number of rotatable bonds is 9. The highest BCUT2D eigenvalue weighted by molar-refractivity contribution is 5.95. The fraction of sp³-hybridized carbons (Fsp3) is 0.136. The Morgan fingerprint density at radius 2 is 1.50 bits per heavy atom. The van der Waals surface area contributed by atoms with Gasteiger partial charge in [0, 0.05) is 5.69 Å². The second-order valence-electron chi connectivity index (χ2n) is 5.91. The van der Waals surface area contributed by atoms with Crippen LogP contribution in [0.15, 0.2) is 78.9 Å². The summed E-state index contributed by atoms with van der Waals surface area (Å²) in [4.78, 5) is 12.2. The normalized spacial score (nSPS) is 10.2. The van der Waals surface area contributed by atoms with Crippen molar-refractivity contribution in [1.29, 1.82) is 0 Å². The highest BCUT2D eigenvalue weighted by Crippen LogP contribution is 2.23. The zero-order chi connectivity index (χ0) is 19.6. The molecule has 144 valence electrons. The van der Waals surface area contributed by atoms with Gasteiger partial charge in [0.05, 0.1) is 12.2 Å². The largest absolute Gasteiger partial charge is 0.490 e. The van der Waals surface area contributed by atoms with Crippen LogP contribution in [0.25, 0.3) is 0 Å². The molecule has 0 aliphatic heterocycles. The molecule has 6 heteroatoms. The molecular weight excluding hydrogens is 359 g/mol. The molecule has 0 spiro atoms. The maximum Gasteiger partial charge on any atom is 0.243 e. The van der Waals surface area contributed by atoms with Gasteiger partial charge in [-0.05, 0) is 48.5 Å². The van der Waals surface area contributed by atoms with E-state index in [2.05, 4.69) is 10.6 Å². The molecule has 0 aromatic heterocycles. The van der Waals surface area contributed by atoms with E-state index in [1.165, 1.54) is 12.1 Å². The topological polar surface area (TPSA) is 59.6 Å². The van der Waals surface area contributed by atoms with Crippen LogP contribution in [0.3, 0.4) is 0 Å². The van der Waals surface area contributed by atoms with Gasteiger partial charge in [-0.2, -0.15) is 0 Å². The SMILES string of the molecule is O=C(CNc1ccc(F)cc1)Nc1ccccc1OCCOc1ccccc1. The fourth-order valence-electron chi connectivity index (χ4n) is 2.47. The van der Waals surface area contributed by atoms with Crippen LogP contribution < -0.4 is 20.1 Å². The first-order valence-corrected chi connectivity index (χ1v) is 8.90. The Morgan fingerprint density at radius 1 is 0.821 bits per heavy atom. The van der Waals surface area contributed by atoms with Crippen molar-refractivity contribution in [3.8, 4) is 11.5 Å². The number of para-hydroxylation sites is 3. The molecule has 0 heterocycles. The average molecular weight is 380 g/mol. The van der Waals surface area contributed by atoms with Crippen LogP contribution in [0.5, 0.6) is 11.5 Å². The van der Waals surface area contributed by atoms with Crippen molar-refractivity contribution in [1.82, 2.24) is 0 Å². The van der Waals surface area contributed by atoms with E-state index in [0.29, 0.717) is 30.3 Å². The van der Waals surface area contributed by atoms with Crippen molar-refractivity contribution in [3.63, 3.8) is 0 Å². The molecule has 0 unspecified atom stereocenters. The first-order valence-electron chi connectivity index (χ1n) is 8.90. The number of hydrogen-bond donors (Lipinski definition) is 2. The third-order valence-corrected chi connectivity index (χ3v) is 3.81. The molecule has 3 aromatic carbocycles. The summed E-state index contributed by atoms with van der Waals surface area (Å²) in [6.07, 6.45) is 0. The molecule has 0 bridgehead atoms. The third-order valence-electron chi connectivity index (χ3n) is 3.81. The van der Waals surface area contributed by atoms with Crippen molar-refractivity contribution in [2.45, 2.75) is 0 Å². The number of carbonyl (C=O) groups excluding carboxylic acids is 1. The Kier molecular flexibility index (Phi) is 6.84. The van der Waals surface area contributed by atoms with Gasteiger partial charge in [-0.15, -0.1) is 0 Å². The third kappa shape index (κ3) is 6.02. The molecule has 2 N–H and O–H groups in total. The van der Waals surface area contributed by atoms with Crippen molar-refractivity contribution in [3.05, 3.63) is 84.7 Å². The monoisotopic (exact) mass is 380 g/mol. The lowest BCUT2D eigenvalue weighted by Gasteiger charge is -2.13. The summed E-state index contributed by atoms with van der Waals surface area (Å²) in [5.41, 5.74) is 1.24. The molecule has 0 aliphatic carbocycles. The van der Waals surface area contributed by atoms with Crippen LogP contribution >= 0.6 is 0 Å². The number of ether oxygens (including phenoxy) is 2. The van der Waals surface area contributed by atoms with Gasteiger partial charge < -0.3 is 20.1 Å². The van der Waals surface area contributed by atoms with Crippen LogP contribution in [-0.4, -0.2) is 25.7 Å². The predicted octanol–water partition coefficient (Wildman–Crippen LogP) is 4.33. The molecule has 28 heavy (non-hydrogen) atoms. The standard InChI is InChI=1S/C22H21FN2O3/c23-17-10-12-18(13-11-17)24-16-22(26)25-20-8-4-5-9-21(20)28-15-14-27-19-6-2-1-3-7-19/h1-13,24H,14-16H2,(H,25,26). The number of benzene rings is 3. The van der Waals surface area contributed by atoms with Gasteiger partial charge in [0.15, 0.2) is 0 Å². The maximum atomic E-state index is 12.9. The first-order chi connectivity index (χ1) is 13.7. The van der Waals surface area contributed by atoms with Gasteiger partial charge in [-0.1, -0.05) is 30.3 Å². The summed E-state index contributed by atoms with van der Waals surface area (Å²) >= 11 is 0. The van der Waals surface area contributed by atoms with Crippen molar-refractivity contribution >= 4 is 17.3 Å². The lowest BCUT2D eigenvalue weighted by molar-refractivity contribution is -0.114. The van der Waals surface area contributed by atoms with Gasteiger partial charge in [0.25, 0.3) is 0 Å². The second-order valence-corrected chi connectivity index (χ2v) is 5.91. The maximum absolute atomic E-state index is 12.9. The number of anilines is 2. The Labute approximate surface area is 163 Å². The van der Waals surface area contributed by atoms with E-state index < -0.39 is 0 Å². The Bertz CT molecular complexity index is 886. The van der Waals surface area contributed by atoms with Gasteiger partial charge in [0.1, 0.15) is 30.5 Å². The quantitative estimate of drug-likeness (QED) is 0.543. The minimum Gasteiger partial charge on any atom is -0.490 e. The van der Waals surface area contributed by atoms with E-state index in [-0.39, 0.29) is 18.3 Å². The van der Waals surface area contributed by atoms with Crippen LogP contribution in [0.2, 0.25) is 0 Å². The Balaban J connectivity index is 1.47. The van der Waals surface area contributed by atoms with E-state index >= 15 is 0 Å². The van der Waals surface area contributed by atoms with E-state index in [0.717, 1.165) is 5.75 Å². The molecule has 0 atom stereocenters. The number of amides is 1. The van der Waals surface area contributed by atoms with Crippen LogP contribution in [-0.2, 0) is 4.79 Å². The minimum absolute atomic E-state index is 0.0527. The summed E-state index contributed by atoms with van der Waals surface area (Å²) in [6.45, 7) is 0.783. The van der Waals surface area contributed by atoms with Crippen molar-refractivity contribution in [2.75, 3.05) is 30.4 Å². The number of halogens is 1. The molecule has 3 aromatic rings. The zero-order valence-corrected chi connectivity index (χ0v) is 15.2. The summed E-state index contributed by atoms with van der Waals surface area (Å²) < 4.78 is 24.2. The van der Waals surface area contributed by atoms with Gasteiger partial charge in [-0.25, -0.2) is 4.39 Å². The van der Waals surface area contributed by atoms with Gasteiger partial charge >= 0.3 is 0 Å². The first kappa shape index (κ1) is 19.2. The number of carbonyl (C=O) groups is 1. The Hall–Kier alpha value is -3.54. The zero-order valence-electron chi connectivity index (χ0n) is 15.2. The summed E-state index contributed by atoms with van der Waals surface area (Å²) in [5.74, 6) is 0.784. The van der Waals surface area contributed by atoms with Crippen LogP contribution in [0.4, 0.5) is 15.8 Å². The van der Waals surface area contributed by atoms with E-state index in [9.17, 15) is 9.18 Å². The van der Waals surface area contributed by atoms with Crippen LogP contribution in [0.1, 0.15) is 0 Å². The predicted molar refractivity (Wildman–Crippen MR) is 107 cm³/mol. The smallest absolute Gasteiger partial charge is 0.243 e. The summed E-state index contributed by atoms with van der Waals surface area (Å²) in [5, 5.41) is 5.75. The van der Waals surface area contributed by atoms with Gasteiger partial charge in [0.2, 0.25) is 5.91 Å². The molecule has 0 saturated heterocycles. The molecule has 0 aliphatic rings. The molecule has 1 amide bonds. The van der Waals surface area contributed by atoms with Gasteiger partial charge in [-0.3, -0.25) is 4.79 Å². The van der Waals surface area contributed by atoms with Crippen molar-refractivity contribution in [2.24, 2.45) is 0 Å². The summed E-state index contributed by atoms with van der Waals surface area (Å²) in [6, 6.07) is 22.5. The summed E-state index contributed by atoms with van der Waals surface area (Å²) in [7, 11) is 0. The second kappa shape index (κ2) is 9.97. The molecule has 0 fully saturated rings. The highest BCUT2D eigenvalue weighted by atomic mass is 19.1. The molecular formula is C22H21FN2O3. The van der Waals surface area contributed by atoms with Crippen LogP contribution in [0, 0.1) is 5.82 Å². The van der Waals surface area contributed by atoms with E-state index in [4.69, 9.17) is 9.47 Å². The highest BCUT2D eigenvalue weighted by Gasteiger charge is 2.08. The lowest BCUT2D eigenvalue weighted by Crippen LogP contribution is -2.22. The Morgan fingerprint density at radius 3 is 2.29 bits per heavy atom. The van der Waals surface area contributed by atoms with E-state index in [1.807, 2.05) is 42.5 Å². The molecule has 0 saturated carbocycles. The molecule has 5 nitrogen and oxygen atoms in total. The van der Waals surface area contributed by atoms with E-state index in [1.54, 1.807) is 24.3 Å². The lowest BCUT2D eigenvalue weighted by atomic mass is 10.3. The minimum atomic E-state index is -0.322. The number of hydrogen-bond acceptors (Lipinski definition) is 4. The fourth-order valence-corrected chi connectivity index (χ4v) is 2.47. The number of nitrogens with one attached hydrogen (secondary N) is 2. The molecule has 3 rings (SSSR count).